The molecular weight excluding hydrogens is 336 g/mol. The van der Waals surface area contributed by atoms with E-state index >= 15 is 0 Å². The van der Waals surface area contributed by atoms with Crippen molar-refractivity contribution in [2.75, 3.05) is 27.9 Å². The van der Waals surface area contributed by atoms with Gasteiger partial charge >= 0.3 is 5.97 Å². The first-order valence-corrected chi connectivity index (χ1v) is 8.43. The van der Waals surface area contributed by atoms with Gasteiger partial charge in [0.2, 0.25) is 0 Å². The highest BCUT2D eigenvalue weighted by atomic mass is 16.5. The van der Waals surface area contributed by atoms with Gasteiger partial charge in [-0.3, -0.25) is 4.79 Å². The van der Waals surface area contributed by atoms with Crippen LogP contribution in [-0.4, -0.2) is 61.8 Å². The number of piperidine rings is 1. The Hall–Kier alpha value is -2.67. The van der Waals surface area contributed by atoms with Crippen LogP contribution in [0, 0.1) is 0 Å². The third-order valence-electron chi connectivity index (χ3n) is 4.74. The van der Waals surface area contributed by atoms with Crippen molar-refractivity contribution >= 4 is 22.8 Å². The Morgan fingerprint density at radius 2 is 1.96 bits per heavy atom. The second-order valence-electron chi connectivity index (χ2n) is 6.17. The van der Waals surface area contributed by atoms with Crippen molar-refractivity contribution in [2.45, 2.75) is 25.0 Å². The lowest BCUT2D eigenvalue weighted by atomic mass is 9.98. The van der Waals surface area contributed by atoms with Crippen LogP contribution in [0.4, 0.5) is 0 Å². The van der Waals surface area contributed by atoms with E-state index in [2.05, 4.69) is 4.98 Å². The molecule has 26 heavy (non-hydrogen) atoms. The molecule has 7 heteroatoms. The second-order valence-corrected chi connectivity index (χ2v) is 6.17. The molecule has 1 fully saturated rings. The maximum absolute atomic E-state index is 13.0. The van der Waals surface area contributed by atoms with Crippen LogP contribution in [0.3, 0.4) is 0 Å². The van der Waals surface area contributed by atoms with Crippen LogP contribution in [-0.2, 0) is 14.3 Å². The van der Waals surface area contributed by atoms with E-state index < -0.39 is 12.0 Å². The van der Waals surface area contributed by atoms with Crippen LogP contribution < -0.4 is 4.74 Å². The zero-order chi connectivity index (χ0) is 18.7. The summed E-state index contributed by atoms with van der Waals surface area (Å²) >= 11 is 0. The predicted molar refractivity (Wildman–Crippen MR) is 95.2 cm³/mol. The third-order valence-corrected chi connectivity index (χ3v) is 4.74. The van der Waals surface area contributed by atoms with Crippen molar-refractivity contribution in [3.8, 4) is 5.75 Å². The molecule has 0 bridgehead atoms. The fourth-order valence-electron chi connectivity index (χ4n) is 3.25. The summed E-state index contributed by atoms with van der Waals surface area (Å²) in [5.74, 6) is 0.00377. The average molecular weight is 358 g/mol. The highest BCUT2D eigenvalue weighted by Gasteiger charge is 2.37. The molecule has 138 valence electrons. The van der Waals surface area contributed by atoms with E-state index in [-0.39, 0.29) is 12.0 Å². The topological polar surface area (TPSA) is 78.0 Å². The van der Waals surface area contributed by atoms with Crippen molar-refractivity contribution in [1.82, 2.24) is 9.88 Å². The molecule has 1 aliphatic heterocycles. The molecule has 0 saturated carbocycles. The molecule has 0 N–H and O–H groups in total. The van der Waals surface area contributed by atoms with Gasteiger partial charge in [0.1, 0.15) is 17.5 Å². The number of aromatic nitrogens is 1. The van der Waals surface area contributed by atoms with Gasteiger partial charge in [0.15, 0.2) is 0 Å². The number of pyridine rings is 1. The minimum Gasteiger partial charge on any atom is -0.497 e. The smallest absolute Gasteiger partial charge is 0.328 e. The summed E-state index contributed by atoms with van der Waals surface area (Å²) < 4.78 is 15.4. The number of carbonyl (C=O) groups excluding carboxylic acids is 2. The summed E-state index contributed by atoms with van der Waals surface area (Å²) in [6.45, 7) is 0.416. The summed E-state index contributed by atoms with van der Waals surface area (Å²) in [5, 5.41) is 0.878. The molecule has 0 radical (unpaired) electrons. The number of nitrogens with zero attached hydrogens (tertiary/aromatic N) is 2. The van der Waals surface area contributed by atoms with Gasteiger partial charge in [-0.15, -0.1) is 0 Å². The fraction of sp³-hybridized carbons (Fsp3) is 0.421. The molecule has 1 aliphatic rings. The average Bonchev–Trinajstić information content (AvgIpc) is 2.71. The molecule has 2 aromatic rings. The van der Waals surface area contributed by atoms with E-state index in [1.165, 1.54) is 12.0 Å². The van der Waals surface area contributed by atoms with E-state index in [0.717, 1.165) is 11.1 Å². The number of likely N-dealkylation sites (tertiary alicyclic amines) is 1. The van der Waals surface area contributed by atoms with Crippen molar-refractivity contribution in [3.05, 3.63) is 36.0 Å². The molecule has 1 aromatic heterocycles. The Balaban J connectivity index is 1.89. The molecule has 3 rings (SSSR count). The quantitative estimate of drug-likeness (QED) is 0.779. The zero-order valence-corrected chi connectivity index (χ0v) is 15.1. The Morgan fingerprint density at radius 3 is 2.65 bits per heavy atom. The van der Waals surface area contributed by atoms with Crippen LogP contribution in [0.1, 0.15) is 23.3 Å². The summed E-state index contributed by atoms with van der Waals surface area (Å²) in [6, 6.07) is 8.29. The minimum atomic E-state index is -0.667. The number of methoxy groups -OCH3 is 3. The summed E-state index contributed by atoms with van der Waals surface area (Å²) in [6.07, 6.45) is 1.01. The summed E-state index contributed by atoms with van der Waals surface area (Å²) in [4.78, 5) is 31.1. The highest BCUT2D eigenvalue weighted by molar-refractivity contribution is 5.97. The first-order valence-electron chi connectivity index (χ1n) is 8.43. The Labute approximate surface area is 151 Å². The van der Waals surface area contributed by atoms with Crippen LogP contribution in [0.5, 0.6) is 5.75 Å². The van der Waals surface area contributed by atoms with Crippen LogP contribution >= 0.6 is 0 Å². The standard InChI is InChI=1S/C19H22N2O5/c1-24-13-5-7-15-12(10-13)4-6-16(20-15)18(22)21-9-8-14(25-2)11-17(21)19(23)26-3/h4-7,10,14,17H,8-9,11H2,1-3H3. The van der Waals surface area contributed by atoms with E-state index in [1.807, 2.05) is 12.1 Å². The largest absolute Gasteiger partial charge is 0.497 e. The molecule has 1 amide bonds. The Kier molecular flexibility index (Phi) is 5.37. The van der Waals surface area contributed by atoms with Gasteiger partial charge in [-0.2, -0.15) is 0 Å². The second kappa shape index (κ2) is 7.70. The third kappa shape index (κ3) is 3.48. The zero-order valence-electron chi connectivity index (χ0n) is 15.1. The highest BCUT2D eigenvalue weighted by Crippen LogP contribution is 2.24. The lowest BCUT2D eigenvalue weighted by Crippen LogP contribution is -2.52. The molecule has 0 aliphatic carbocycles. The maximum Gasteiger partial charge on any atom is 0.328 e. The van der Waals surface area contributed by atoms with Crippen molar-refractivity contribution in [2.24, 2.45) is 0 Å². The molecule has 2 unspecified atom stereocenters. The Morgan fingerprint density at radius 1 is 1.15 bits per heavy atom. The molecule has 2 atom stereocenters. The maximum atomic E-state index is 13.0. The normalized spacial score (nSPS) is 20.0. The van der Waals surface area contributed by atoms with Crippen LogP contribution in [0.15, 0.2) is 30.3 Å². The Bertz CT molecular complexity index is 823. The van der Waals surface area contributed by atoms with Gasteiger partial charge in [-0.1, -0.05) is 6.07 Å². The number of amides is 1. The number of hydrogen-bond donors (Lipinski definition) is 0. The molecule has 1 aromatic carbocycles. The first-order chi connectivity index (χ1) is 12.6. The van der Waals surface area contributed by atoms with Gasteiger partial charge in [-0.25, -0.2) is 9.78 Å². The number of hydrogen-bond acceptors (Lipinski definition) is 6. The van der Waals surface area contributed by atoms with Gasteiger partial charge < -0.3 is 19.1 Å². The van der Waals surface area contributed by atoms with Crippen molar-refractivity contribution in [3.63, 3.8) is 0 Å². The molecular formula is C19H22N2O5. The SMILES string of the molecule is COC(=O)C1CC(OC)CCN1C(=O)c1ccc2cc(OC)ccc2n1. The van der Waals surface area contributed by atoms with Crippen LogP contribution in [0.2, 0.25) is 0 Å². The summed E-state index contributed by atoms with van der Waals surface area (Å²) in [5.41, 5.74) is 0.991. The predicted octanol–water partition coefficient (Wildman–Crippen LogP) is 2.04. The van der Waals surface area contributed by atoms with Gasteiger partial charge in [-0.05, 0) is 30.7 Å². The van der Waals surface area contributed by atoms with E-state index in [1.54, 1.807) is 32.4 Å². The molecule has 2 heterocycles. The number of fused-ring (bicyclic) bond motifs is 1. The monoisotopic (exact) mass is 358 g/mol. The number of esters is 1. The van der Waals surface area contributed by atoms with Crippen molar-refractivity contribution in [1.29, 1.82) is 0 Å². The number of carbonyl (C=O) groups is 2. The van der Waals surface area contributed by atoms with E-state index in [4.69, 9.17) is 14.2 Å². The minimum absolute atomic E-state index is 0.0693. The fourth-order valence-corrected chi connectivity index (χ4v) is 3.25. The van der Waals surface area contributed by atoms with E-state index in [9.17, 15) is 9.59 Å². The van der Waals surface area contributed by atoms with Gasteiger partial charge in [0, 0.05) is 25.5 Å². The van der Waals surface area contributed by atoms with Gasteiger partial charge in [0.05, 0.1) is 25.8 Å². The van der Waals surface area contributed by atoms with Gasteiger partial charge in [0.25, 0.3) is 5.91 Å². The summed E-state index contributed by atoms with van der Waals surface area (Å²) in [7, 11) is 4.53. The lowest BCUT2D eigenvalue weighted by Gasteiger charge is -2.37. The van der Waals surface area contributed by atoms with E-state index in [0.29, 0.717) is 30.6 Å². The first kappa shape index (κ1) is 18.1. The van der Waals surface area contributed by atoms with Crippen LogP contribution in [0.25, 0.3) is 10.9 Å². The number of rotatable bonds is 4. The molecule has 7 nitrogen and oxygen atoms in total. The number of ether oxygens (including phenoxy) is 3. The lowest BCUT2D eigenvalue weighted by molar-refractivity contribution is -0.149. The molecule has 1 saturated heterocycles. The molecule has 0 spiro atoms. The van der Waals surface area contributed by atoms with Crippen molar-refractivity contribution < 1.29 is 23.8 Å². The number of benzene rings is 1.